The van der Waals surface area contributed by atoms with E-state index in [1.54, 1.807) is 6.07 Å². The number of nitrogens with one attached hydrogen (secondary N) is 1. The van der Waals surface area contributed by atoms with E-state index in [1.165, 1.54) is 24.3 Å². The topological polar surface area (TPSA) is 111 Å². The number of amides is 1. The van der Waals surface area contributed by atoms with Crippen LogP contribution >= 0.6 is 0 Å². The molecule has 0 heterocycles. The lowest BCUT2D eigenvalue weighted by Crippen LogP contribution is -2.13. The van der Waals surface area contributed by atoms with Crippen molar-refractivity contribution in [2.75, 3.05) is 24.3 Å². The molecule has 0 aliphatic heterocycles. The first-order valence-corrected chi connectivity index (χ1v) is 9.75. The SMILES string of the molecule is CCCC(=O)Nc1cc(N(C)C)ccc1N=Nc1ccc(S(=O)(=O)O)cc1. The third kappa shape index (κ3) is 5.87. The molecule has 0 bridgehead atoms. The van der Waals surface area contributed by atoms with Crippen molar-refractivity contribution >= 4 is 38.8 Å². The maximum Gasteiger partial charge on any atom is 0.294 e. The summed E-state index contributed by atoms with van der Waals surface area (Å²) < 4.78 is 31.1. The van der Waals surface area contributed by atoms with Gasteiger partial charge in [-0.25, -0.2) is 0 Å². The average Bonchev–Trinajstić information content (AvgIpc) is 2.60. The number of rotatable bonds is 7. The average molecular weight is 390 g/mol. The Morgan fingerprint density at radius 3 is 2.33 bits per heavy atom. The molecule has 0 radical (unpaired) electrons. The molecule has 9 heteroatoms. The summed E-state index contributed by atoms with van der Waals surface area (Å²) in [7, 11) is -0.462. The van der Waals surface area contributed by atoms with Crippen molar-refractivity contribution in [2.45, 2.75) is 24.7 Å². The van der Waals surface area contributed by atoms with Crippen molar-refractivity contribution in [1.82, 2.24) is 0 Å². The number of benzene rings is 2. The Labute approximate surface area is 158 Å². The second-order valence-corrected chi connectivity index (χ2v) is 7.48. The van der Waals surface area contributed by atoms with Crippen LogP contribution in [-0.2, 0) is 14.9 Å². The van der Waals surface area contributed by atoms with E-state index >= 15 is 0 Å². The van der Waals surface area contributed by atoms with E-state index in [9.17, 15) is 13.2 Å². The third-order valence-electron chi connectivity index (χ3n) is 3.66. The van der Waals surface area contributed by atoms with Gasteiger partial charge in [0.1, 0.15) is 5.69 Å². The summed E-state index contributed by atoms with van der Waals surface area (Å²) in [5.41, 5.74) is 2.32. The molecular formula is C18H22N4O4S. The van der Waals surface area contributed by atoms with Gasteiger partial charge < -0.3 is 10.2 Å². The summed E-state index contributed by atoms with van der Waals surface area (Å²) in [6.07, 6.45) is 1.13. The number of anilines is 2. The lowest BCUT2D eigenvalue weighted by atomic mass is 10.2. The highest BCUT2D eigenvalue weighted by molar-refractivity contribution is 7.85. The lowest BCUT2D eigenvalue weighted by molar-refractivity contribution is -0.116. The van der Waals surface area contributed by atoms with Crippen LogP contribution in [0.2, 0.25) is 0 Å². The number of carbonyl (C=O) groups is 1. The molecule has 2 aromatic rings. The van der Waals surface area contributed by atoms with E-state index in [-0.39, 0.29) is 10.8 Å². The Hall–Kier alpha value is -2.78. The largest absolute Gasteiger partial charge is 0.378 e. The monoisotopic (exact) mass is 390 g/mol. The molecule has 0 fully saturated rings. The van der Waals surface area contributed by atoms with Gasteiger partial charge >= 0.3 is 0 Å². The summed E-state index contributed by atoms with van der Waals surface area (Å²) in [5.74, 6) is -0.109. The van der Waals surface area contributed by atoms with Gasteiger partial charge in [0.15, 0.2) is 0 Å². The van der Waals surface area contributed by atoms with Crippen LogP contribution in [0.5, 0.6) is 0 Å². The number of azo groups is 1. The first-order chi connectivity index (χ1) is 12.7. The van der Waals surface area contributed by atoms with Crippen molar-refractivity contribution in [3.63, 3.8) is 0 Å². The Kier molecular flexibility index (Phi) is 6.65. The van der Waals surface area contributed by atoms with E-state index in [2.05, 4.69) is 15.5 Å². The van der Waals surface area contributed by atoms with E-state index in [0.717, 1.165) is 12.1 Å². The van der Waals surface area contributed by atoms with Crippen LogP contribution in [0.25, 0.3) is 0 Å². The number of carbonyl (C=O) groups excluding carboxylic acids is 1. The Morgan fingerprint density at radius 2 is 1.78 bits per heavy atom. The molecule has 8 nitrogen and oxygen atoms in total. The van der Waals surface area contributed by atoms with Crippen molar-refractivity contribution in [3.8, 4) is 0 Å². The number of hydrogen-bond donors (Lipinski definition) is 2. The van der Waals surface area contributed by atoms with Crippen molar-refractivity contribution in [1.29, 1.82) is 0 Å². The van der Waals surface area contributed by atoms with Gasteiger partial charge in [-0.1, -0.05) is 6.92 Å². The van der Waals surface area contributed by atoms with E-state index < -0.39 is 10.1 Å². The van der Waals surface area contributed by atoms with E-state index in [1.807, 2.05) is 38.1 Å². The highest BCUT2D eigenvalue weighted by Crippen LogP contribution is 2.31. The van der Waals surface area contributed by atoms with E-state index in [0.29, 0.717) is 23.5 Å². The molecule has 2 rings (SSSR count). The van der Waals surface area contributed by atoms with Gasteiger partial charge in [0.2, 0.25) is 5.91 Å². The zero-order valence-corrected chi connectivity index (χ0v) is 16.2. The maximum atomic E-state index is 12.0. The zero-order chi connectivity index (χ0) is 20.0. The molecule has 0 aliphatic rings. The third-order valence-corrected chi connectivity index (χ3v) is 4.52. The predicted molar refractivity (Wildman–Crippen MR) is 105 cm³/mol. The molecule has 2 N–H and O–H groups in total. The number of hydrogen-bond acceptors (Lipinski definition) is 6. The predicted octanol–water partition coefficient (Wildman–Crippen LogP) is 4.15. The van der Waals surface area contributed by atoms with E-state index in [4.69, 9.17) is 4.55 Å². The van der Waals surface area contributed by atoms with Gasteiger partial charge in [0.05, 0.1) is 16.3 Å². The van der Waals surface area contributed by atoms with Crippen LogP contribution in [-0.4, -0.2) is 33.0 Å². The quantitative estimate of drug-likeness (QED) is 0.545. The Balaban J connectivity index is 2.30. The molecule has 1 amide bonds. The smallest absolute Gasteiger partial charge is 0.294 e. The standard InChI is InChI=1S/C18H22N4O4S/c1-4-5-18(23)19-17-12-14(22(2)3)8-11-16(17)21-20-13-6-9-15(10-7-13)27(24,25)26/h6-12H,4-5H2,1-3H3,(H,19,23)(H,24,25,26). The molecule has 0 aliphatic carbocycles. The van der Waals surface area contributed by atoms with Crippen molar-refractivity contribution in [2.24, 2.45) is 10.2 Å². The minimum Gasteiger partial charge on any atom is -0.378 e. The highest BCUT2D eigenvalue weighted by atomic mass is 32.2. The maximum absolute atomic E-state index is 12.0. The molecule has 0 atom stereocenters. The molecule has 2 aromatic carbocycles. The van der Waals surface area contributed by atoms with Gasteiger partial charge in [-0.05, 0) is 48.9 Å². The lowest BCUT2D eigenvalue weighted by Gasteiger charge is -2.15. The Bertz CT molecular complexity index is 938. The molecule has 0 unspecified atom stereocenters. The fourth-order valence-electron chi connectivity index (χ4n) is 2.23. The zero-order valence-electron chi connectivity index (χ0n) is 15.4. The second kappa shape index (κ2) is 8.74. The summed E-state index contributed by atoms with van der Waals surface area (Å²) in [5, 5.41) is 11.1. The summed E-state index contributed by atoms with van der Waals surface area (Å²) in [6.45, 7) is 1.92. The highest BCUT2D eigenvalue weighted by Gasteiger charge is 2.10. The van der Waals surface area contributed by atoms with Crippen molar-refractivity contribution in [3.05, 3.63) is 42.5 Å². The molecule has 144 valence electrons. The molecule has 0 saturated carbocycles. The van der Waals surface area contributed by atoms with Crippen LogP contribution in [0, 0.1) is 0 Å². The molecule has 0 saturated heterocycles. The molecule has 0 aromatic heterocycles. The number of nitrogens with zero attached hydrogens (tertiary/aromatic N) is 3. The van der Waals surface area contributed by atoms with Gasteiger partial charge in [-0.15, -0.1) is 5.11 Å². The van der Waals surface area contributed by atoms with Crippen LogP contribution < -0.4 is 10.2 Å². The summed E-state index contributed by atoms with van der Waals surface area (Å²) in [4.78, 5) is 13.7. The molecule has 27 heavy (non-hydrogen) atoms. The van der Waals surface area contributed by atoms with Crippen LogP contribution in [0.1, 0.15) is 19.8 Å². The van der Waals surface area contributed by atoms with Crippen LogP contribution in [0.15, 0.2) is 57.6 Å². The van der Waals surface area contributed by atoms with Crippen LogP contribution in [0.4, 0.5) is 22.7 Å². The fourth-order valence-corrected chi connectivity index (χ4v) is 2.71. The minimum atomic E-state index is -4.25. The Morgan fingerprint density at radius 1 is 1.11 bits per heavy atom. The van der Waals surface area contributed by atoms with Gasteiger partial charge in [0.25, 0.3) is 10.1 Å². The summed E-state index contributed by atoms with van der Waals surface area (Å²) in [6, 6.07) is 10.7. The first kappa shape index (κ1) is 20.5. The van der Waals surface area contributed by atoms with Gasteiger partial charge in [0, 0.05) is 26.2 Å². The fraction of sp³-hybridized carbons (Fsp3) is 0.278. The minimum absolute atomic E-state index is 0.109. The molecule has 0 spiro atoms. The van der Waals surface area contributed by atoms with Gasteiger partial charge in [-0.2, -0.15) is 13.5 Å². The second-order valence-electron chi connectivity index (χ2n) is 6.06. The first-order valence-electron chi connectivity index (χ1n) is 8.31. The van der Waals surface area contributed by atoms with Gasteiger partial charge in [-0.3, -0.25) is 9.35 Å². The van der Waals surface area contributed by atoms with Crippen molar-refractivity contribution < 1.29 is 17.8 Å². The summed E-state index contributed by atoms with van der Waals surface area (Å²) >= 11 is 0. The normalized spacial score (nSPS) is 11.6. The van der Waals surface area contributed by atoms with Crippen LogP contribution in [0.3, 0.4) is 0 Å². The molecular weight excluding hydrogens is 368 g/mol.